The number of amides is 1. The molecular formula is C23H34N3O3S+. The standard InChI is InChI=1S/C23H33N3O3S/c1-6-26(7-2)30(28,29)21-15-20(14-13-18(21)5)25-22(27)16-24-23(17(3)4)19-11-9-8-10-12-19/h8-15,17,23-24H,6-7,16H2,1-5H3,(H,25,27)/p+1/t23-/m1/s1. The summed E-state index contributed by atoms with van der Waals surface area (Å²) in [6.45, 7) is 10.7. The highest BCUT2D eigenvalue weighted by Crippen LogP contribution is 2.23. The predicted molar refractivity (Wildman–Crippen MR) is 121 cm³/mol. The van der Waals surface area contributed by atoms with Gasteiger partial charge < -0.3 is 10.6 Å². The van der Waals surface area contributed by atoms with E-state index in [0.717, 1.165) is 0 Å². The SMILES string of the molecule is CCN(CC)S(=O)(=O)c1cc(NC(=O)C[NH2+][C@@H](c2ccccc2)C(C)C)ccc1C. The van der Waals surface area contributed by atoms with E-state index in [1.54, 1.807) is 25.1 Å². The van der Waals surface area contributed by atoms with Crippen LogP contribution in [0.1, 0.15) is 44.9 Å². The average Bonchev–Trinajstić information content (AvgIpc) is 2.70. The number of nitrogens with one attached hydrogen (secondary N) is 1. The third-order valence-electron chi connectivity index (χ3n) is 5.26. The lowest BCUT2D eigenvalue weighted by Gasteiger charge is -2.21. The van der Waals surface area contributed by atoms with Crippen molar-refractivity contribution < 1.29 is 18.5 Å². The Morgan fingerprint density at radius 2 is 1.70 bits per heavy atom. The Morgan fingerprint density at radius 1 is 1.07 bits per heavy atom. The molecule has 2 rings (SSSR count). The van der Waals surface area contributed by atoms with E-state index in [9.17, 15) is 13.2 Å². The molecule has 2 aromatic carbocycles. The zero-order valence-electron chi connectivity index (χ0n) is 18.6. The van der Waals surface area contributed by atoms with Gasteiger partial charge in [0, 0.05) is 30.3 Å². The van der Waals surface area contributed by atoms with E-state index in [1.165, 1.54) is 9.87 Å². The fourth-order valence-corrected chi connectivity index (χ4v) is 5.28. The molecule has 1 atom stereocenters. The zero-order chi connectivity index (χ0) is 22.3. The first kappa shape index (κ1) is 24.1. The number of carbonyl (C=O) groups excluding carboxylic acids is 1. The number of anilines is 1. The number of aryl methyl sites for hydroxylation is 1. The normalized spacial score (nSPS) is 12.9. The summed E-state index contributed by atoms with van der Waals surface area (Å²) in [5, 5.41) is 4.87. The van der Waals surface area contributed by atoms with Gasteiger partial charge in [-0.15, -0.1) is 0 Å². The van der Waals surface area contributed by atoms with E-state index < -0.39 is 10.0 Å². The first-order valence-electron chi connectivity index (χ1n) is 10.5. The number of nitrogens with two attached hydrogens (primary N) is 1. The molecule has 0 spiro atoms. The van der Waals surface area contributed by atoms with Gasteiger partial charge in [-0.1, -0.05) is 64.1 Å². The average molecular weight is 433 g/mol. The van der Waals surface area contributed by atoms with Crippen LogP contribution in [0.2, 0.25) is 0 Å². The molecule has 0 aromatic heterocycles. The fraction of sp³-hybridized carbons (Fsp3) is 0.435. The molecule has 0 aliphatic rings. The second kappa shape index (κ2) is 10.7. The molecule has 0 saturated heterocycles. The summed E-state index contributed by atoms with van der Waals surface area (Å²) in [4.78, 5) is 12.8. The predicted octanol–water partition coefficient (Wildman–Crippen LogP) is 2.92. The quantitative estimate of drug-likeness (QED) is 0.606. The Bertz CT molecular complexity index is 939. The summed E-state index contributed by atoms with van der Waals surface area (Å²) in [5.41, 5.74) is 2.34. The largest absolute Gasteiger partial charge is 0.332 e. The Kier molecular flexibility index (Phi) is 8.58. The minimum Gasteiger partial charge on any atom is -0.332 e. The highest BCUT2D eigenvalue weighted by atomic mass is 32.2. The lowest BCUT2D eigenvalue weighted by Crippen LogP contribution is -2.88. The van der Waals surface area contributed by atoms with Gasteiger partial charge in [0.25, 0.3) is 5.91 Å². The summed E-state index contributed by atoms with van der Waals surface area (Å²) in [7, 11) is -3.59. The van der Waals surface area contributed by atoms with Crippen LogP contribution >= 0.6 is 0 Å². The van der Waals surface area contributed by atoms with Crippen molar-refractivity contribution in [2.75, 3.05) is 25.0 Å². The summed E-state index contributed by atoms with van der Waals surface area (Å²) >= 11 is 0. The zero-order valence-corrected chi connectivity index (χ0v) is 19.4. The van der Waals surface area contributed by atoms with Crippen molar-refractivity contribution in [1.29, 1.82) is 0 Å². The Balaban J connectivity index is 2.12. The number of quaternary nitrogens is 1. The molecule has 0 bridgehead atoms. The maximum absolute atomic E-state index is 12.9. The topological polar surface area (TPSA) is 83.1 Å². The van der Waals surface area contributed by atoms with Crippen molar-refractivity contribution in [1.82, 2.24) is 4.31 Å². The number of rotatable bonds is 10. The number of sulfonamides is 1. The van der Waals surface area contributed by atoms with E-state index in [2.05, 4.69) is 31.3 Å². The molecule has 30 heavy (non-hydrogen) atoms. The monoisotopic (exact) mass is 432 g/mol. The van der Waals surface area contributed by atoms with E-state index in [4.69, 9.17) is 0 Å². The summed E-state index contributed by atoms with van der Waals surface area (Å²) in [5.74, 6) is 0.206. The second-order valence-electron chi connectivity index (χ2n) is 7.74. The number of carbonyl (C=O) groups is 1. The molecular weight excluding hydrogens is 398 g/mol. The lowest BCUT2D eigenvalue weighted by molar-refractivity contribution is -0.692. The van der Waals surface area contributed by atoms with Crippen molar-refractivity contribution >= 4 is 21.6 Å². The van der Waals surface area contributed by atoms with E-state index in [-0.39, 0.29) is 23.4 Å². The van der Waals surface area contributed by atoms with Gasteiger partial charge in [0.05, 0.1) is 4.90 Å². The minimum atomic E-state index is -3.59. The molecule has 0 saturated carbocycles. The van der Waals surface area contributed by atoms with Gasteiger partial charge in [-0.2, -0.15) is 4.31 Å². The molecule has 164 valence electrons. The molecule has 0 radical (unpaired) electrons. The van der Waals surface area contributed by atoms with Gasteiger partial charge >= 0.3 is 0 Å². The van der Waals surface area contributed by atoms with Crippen LogP contribution < -0.4 is 10.6 Å². The van der Waals surface area contributed by atoms with Crippen molar-refractivity contribution in [3.8, 4) is 0 Å². The van der Waals surface area contributed by atoms with E-state index in [1.807, 2.05) is 37.4 Å². The van der Waals surface area contributed by atoms with E-state index >= 15 is 0 Å². The first-order valence-corrected chi connectivity index (χ1v) is 11.9. The Hall–Kier alpha value is -2.22. The highest BCUT2D eigenvalue weighted by molar-refractivity contribution is 7.89. The maximum Gasteiger partial charge on any atom is 0.279 e. The van der Waals surface area contributed by atoms with Crippen LogP contribution in [0.5, 0.6) is 0 Å². The first-order chi connectivity index (χ1) is 14.2. The van der Waals surface area contributed by atoms with Crippen LogP contribution in [0.15, 0.2) is 53.4 Å². The molecule has 0 aliphatic heterocycles. The molecule has 0 aliphatic carbocycles. The molecule has 3 N–H and O–H groups in total. The minimum absolute atomic E-state index is 0.161. The third kappa shape index (κ3) is 5.90. The fourth-order valence-electron chi connectivity index (χ4n) is 3.57. The van der Waals surface area contributed by atoms with Gasteiger partial charge in [-0.25, -0.2) is 8.42 Å². The molecule has 0 fully saturated rings. The van der Waals surface area contributed by atoms with Gasteiger partial charge in [0.15, 0.2) is 6.54 Å². The van der Waals surface area contributed by atoms with Crippen molar-refractivity contribution in [2.24, 2.45) is 5.92 Å². The van der Waals surface area contributed by atoms with Gasteiger partial charge in [0.1, 0.15) is 6.04 Å². The van der Waals surface area contributed by atoms with Crippen LogP contribution in [0, 0.1) is 12.8 Å². The summed E-state index contributed by atoms with van der Waals surface area (Å²) < 4.78 is 27.2. The van der Waals surface area contributed by atoms with Crippen LogP contribution in [0.25, 0.3) is 0 Å². The van der Waals surface area contributed by atoms with Crippen LogP contribution in [-0.4, -0.2) is 38.3 Å². The van der Waals surface area contributed by atoms with Gasteiger partial charge in [0.2, 0.25) is 10.0 Å². The molecule has 1 amide bonds. The van der Waals surface area contributed by atoms with Crippen molar-refractivity contribution in [3.63, 3.8) is 0 Å². The molecule has 2 aromatic rings. The smallest absolute Gasteiger partial charge is 0.279 e. The summed E-state index contributed by atoms with van der Waals surface area (Å²) in [6.07, 6.45) is 0. The number of hydrogen-bond acceptors (Lipinski definition) is 3. The summed E-state index contributed by atoms with van der Waals surface area (Å²) in [6, 6.07) is 15.3. The second-order valence-corrected chi connectivity index (χ2v) is 9.64. The van der Waals surface area contributed by atoms with Crippen LogP contribution in [0.4, 0.5) is 5.69 Å². The number of hydrogen-bond donors (Lipinski definition) is 2. The lowest BCUT2D eigenvalue weighted by atomic mass is 9.96. The number of benzene rings is 2. The molecule has 0 heterocycles. The Labute approximate surface area is 180 Å². The molecule has 6 nitrogen and oxygen atoms in total. The number of nitrogens with zero attached hydrogens (tertiary/aromatic N) is 1. The van der Waals surface area contributed by atoms with Crippen molar-refractivity contribution in [2.45, 2.75) is 45.6 Å². The molecule has 7 heteroatoms. The highest BCUT2D eigenvalue weighted by Gasteiger charge is 2.24. The Morgan fingerprint density at radius 3 is 2.27 bits per heavy atom. The molecule has 0 unspecified atom stereocenters. The van der Waals surface area contributed by atoms with E-state index in [0.29, 0.717) is 30.3 Å². The van der Waals surface area contributed by atoms with Crippen LogP contribution in [0.3, 0.4) is 0 Å². The third-order valence-corrected chi connectivity index (χ3v) is 7.45. The van der Waals surface area contributed by atoms with Crippen molar-refractivity contribution in [3.05, 3.63) is 59.7 Å². The van der Waals surface area contributed by atoms with Gasteiger partial charge in [-0.05, 0) is 24.6 Å². The van der Waals surface area contributed by atoms with Gasteiger partial charge in [-0.3, -0.25) is 4.79 Å². The maximum atomic E-state index is 12.9. The van der Waals surface area contributed by atoms with Crippen LogP contribution in [-0.2, 0) is 14.8 Å².